The molecule has 2 aromatic heterocycles. The second-order valence-corrected chi connectivity index (χ2v) is 11.6. The number of halogens is 1. The monoisotopic (exact) mass is 552 g/mol. The minimum atomic E-state index is -3.40. The summed E-state index contributed by atoms with van der Waals surface area (Å²) in [5.74, 6) is 1.39. The van der Waals surface area contributed by atoms with Gasteiger partial charge in [-0.15, -0.1) is 0 Å². The van der Waals surface area contributed by atoms with Gasteiger partial charge in [0.2, 0.25) is 10.0 Å². The summed E-state index contributed by atoms with van der Waals surface area (Å²) in [4.78, 5) is 6.56. The van der Waals surface area contributed by atoms with Crippen LogP contribution in [-0.2, 0) is 10.0 Å². The third-order valence-corrected chi connectivity index (χ3v) is 7.57. The number of pyridine rings is 1. The third-order valence-electron chi connectivity index (χ3n) is 6.26. The van der Waals surface area contributed by atoms with E-state index in [1.165, 1.54) is 0 Å². The van der Waals surface area contributed by atoms with Crippen LogP contribution in [-0.4, -0.2) is 24.8 Å². The third kappa shape index (κ3) is 5.20. The Morgan fingerprint density at radius 3 is 2.54 bits per heavy atom. The Morgan fingerprint density at radius 1 is 1.05 bits per heavy atom. The number of anilines is 2. The van der Waals surface area contributed by atoms with Gasteiger partial charge in [0.1, 0.15) is 17.6 Å². The lowest BCUT2D eigenvalue weighted by molar-refractivity contribution is 0.439. The molecule has 1 saturated heterocycles. The van der Waals surface area contributed by atoms with E-state index in [9.17, 15) is 8.42 Å². The van der Waals surface area contributed by atoms with Crippen LogP contribution in [0.2, 0.25) is 5.02 Å². The van der Waals surface area contributed by atoms with Crippen molar-refractivity contribution >= 4 is 50.3 Å². The van der Waals surface area contributed by atoms with Crippen molar-refractivity contribution in [3.05, 3.63) is 101 Å². The van der Waals surface area contributed by atoms with Crippen LogP contribution in [0.3, 0.4) is 0 Å². The van der Waals surface area contributed by atoms with E-state index < -0.39 is 10.0 Å². The summed E-state index contributed by atoms with van der Waals surface area (Å²) in [5, 5.41) is 4.59. The minimum absolute atomic E-state index is 0.275. The van der Waals surface area contributed by atoms with E-state index in [2.05, 4.69) is 15.0 Å². The highest BCUT2D eigenvalue weighted by Crippen LogP contribution is 2.43. The number of furan rings is 1. The topological polar surface area (TPSA) is 87.5 Å². The van der Waals surface area contributed by atoms with Gasteiger partial charge in [0.25, 0.3) is 0 Å². The lowest BCUT2D eigenvalue weighted by Gasteiger charge is -2.26. The lowest BCUT2D eigenvalue weighted by atomic mass is 10.0. The second kappa shape index (κ2) is 9.81. The van der Waals surface area contributed by atoms with E-state index in [-0.39, 0.29) is 12.1 Å². The standard InChI is InChI=1S/C27H25ClN4O3S2/c1-16-7-8-18(15-20(16)28)23-11-12-24(35-23)26-25(22-6-4-5-13-29-22)30-27(36)32(26)19-9-10-21(17(2)14-19)31-37(3,33)34/h4-15,25-26,31H,1-3H3,(H,30,36)/t25-,26-/m0/s1. The molecule has 2 N–H and O–H groups in total. The van der Waals surface area contributed by atoms with Crippen LogP contribution < -0.4 is 14.9 Å². The minimum Gasteiger partial charge on any atom is -0.459 e. The highest BCUT2D eigenvalue weighted by molar-refractivity contribution is 7.92. The van der Waals surface area contributed by atoms with Crippen molar-refractivity contribution in [3.63, 3.8) is 0 Å². The summed E-state index contributed by atoms with van der Waals surface area (Å²) in [6, 6.07) is 20.3. The highest BCUT2D eigenvalue weighted by Gasteiger charge is 2.42. The fraction of sp³-hybridized carbons (Fsp3) is 0.185. The van der Waals surface area contributed by atoms with Crippen molar-refractivity contribution in [1.82, 2.24) is 10.3 Å². The maximum absolute atomic E-state index is 11.8. The van der Waals surface area contributed by atoms with Gasteiger partial charge in [-0.3, -0.25) is 9.71 Å². The molecule has 10 heteroatoms. The molecule has 2 atom stereocenters. The van der Waals surface area contributed by atoms with Gasteiger partial charge in [-0.2, -0.15) is 0 Å². The zero-order chi connectivity index (χ0) is 26.3. The first kappa shape index (κ1) is 25.3. The molecule has 1 fully saturated rings. The van der Waals surface area contributed by atoms with Crippen molar-refractivity contribution in [3.8, 4) is 11.3 Å². The summed E-state index contributed by atoms with van der Waals surface area (Å²) < 4.78 is 32.5. The van der Waals surface area contributed by atoms with Gasteiger partial charge >= 0.3 is 0 Å². The Bertz CT molecular complexity index is 1590. The van der Waals surface area contributed by atoms with Crippen molar-refractivity contribution < 1.29 is 12.8 Å². The van der Waals surface area contributed by atoms with Crippen molar-refractivity contribution in [2.45, 2.75) is 25.9 Å². The molecule has 1 aliphatic rings. The predicted octanol–water partition coefficient (Wildman–Crippen LogP) is 6.16. The molecule has 1 aliphatic heterocycles. The largest absolute Gasteiger partial charge is 0.459 e. The molecule has 0 spiro atoms. The molecular formula is C27H25ClN4O3S2. The smallest absolute Gasteiger partial charge is 0.229 e. The molecule has 3 heterocycles. The van der Waals surface area contributed by atoms with Gasteiger partial charge in [-0.25, -0.2) is 8.42 Å². The summed E-state index contributed by atoms with van der Waals surface area (Å²) in [5.41, 5.74) is 4.77. The maximum Gasteiger partial charge on any atom is 0.229 e. The van der Waals surface area contributed by atoms with Gasteiger partial charge in [0.05, 0.1) is 23.7 Å². The van der Waals surface area contributed by atoms with E-state index >= 15 is 0 Å². The molecular weight excluding hydrogens is 528 g/mol. The molecule has 37 heavy (non-hydrogen) atoms. The van der Waals surface area contributed by atoms with E-state index in [4.69, 9.17) is 28.2 Å². The molecule has 190 valence electrons. The van der Waals surface area contributed by atoms with Crippen LogP contribution in [0.5, 0.6) is 0 Å². The quantitative estimate of drug-likeness (QED) is 0.277. The summed E-state index contributed by atoms with van der Waals surface area (Å²) in [6.45, 7) is 3.81. The summed E-state index contributed by atoms with van der Waals surface area (Å²) in [7, 11) is -3.40. The Labute approximate surface area is 226 Å². The average molecular weight is 553 g/mol. The first-order valence-corrected chi connectivity index (χ1v) is 14.2. The lowest BCUT2D eigenvalue weighted by Crippen LogP contribution is -2.29. The Hall–Kier alpha value is -3.40. The molecule has 0 bridgehead atoms. The Balaban J connectivity index is 1.58. The summed E-state index contributed by atoms with van der Waals surface area (Å²) in [6.07, 6.45) is 2.88. The van der Waals surface area contributed by atoms with E-state index in [1.54, 1.807) is 12.3 Å². The number of sulfonamides is 1. The van der Waals surface area contributed by atoms with E-state index in [0.717, 1.165) is 34.3 Å². The van der Waals surface area contributed by atoms with Crippen LogP contribution in [0.15, 0.2) is 77.3 Å². The van der Waals surface area contributed by atoms with Crippen LogP contribution in [0.1, 0.15) is 34.7 Å². The second-order valence-electron chi connectivity index (χ2n) is 9.04. The average Bonchev–Trinajstić information content (AvgIpc) is 3.46. The number of hydrogen-bond acceptors (Lipinski definition) is 5. The van der Waals surface area contributed by atoms with Crippen molar-refractivity contribution in [2.75, 3.05) is 15.9 Å². The zero-order valence-corrected chi connectivity index (χ0v) is 22.8. The molecule has 2 aromatic carbocycles. The van der Waals surface area contributed by atoms with Crippen LogP contribution in [0.25, 0.3) is 11.3 Å². The number of aromatic nitrogens is 1. The molecule has 4 aromatic rings. The molecule has 0 unspecified atom stereocenters. The number of aryl methyl sites for hydroxylation is 2. The van der Waals surface area contributed by atoms with Gasteiger partial charge in [-0.1, -0.05) is 29.8 Å². The SMILES string of the molecule is Cc1ccc(-c2ccc([C@H]3[C@H](c4ccccn4)NC(=S)N3c3ccc(NS(C)(=O)=O)c(C)c3)o2)cc1Cl. The maximum atomic E-state index is 11.8. The molecule has 0 radical (unpaired) electrons. The van der Waals surface area contributed by atoms with Crippen LogP contribution in [0.4, 0.5) is 11.4 Å². The number of nitrogens with zero attached hydrogens (tertiary/aromatic N) is 2. The number of rotatable bonds is 6. The molecule has 0 aliphatic carbocycles. The fourth-order valence-electron chi connectivity index (χ4n) is 4.45. The van der Waals surface area contributed by atoms with Crippen LogP contribution >= 0.6 is 23.8 Å². The van der Waals surface area contributed by atoms with Crippen molar-refractivity contribution in [1.29, 1.82) is 0 Å². The van der Waals surface area contributed by atoms with E-state index in [0.29, 0.717) is 27.3 Å². The molecule has 0 amide bonds. The Morgan fingerprint density at radius 2 is 1.86 bits per heavy atom. The first-order valence-electron chi connectivity index (χ1n) is 11.6. The summed E-state index contributed by atoms with van der Waals surface area (Å²) >= 11 is 12.2. The van der Waals surface area contributed by atoms with Crippen LogP contribution in [0, 0.1) is 13.8 Å². The number of benzene rings is 2. The number of nitrogens with one attached hydrogen (secondary N) is 2. The molecule has 0 saturated carbocycles. The number of thiocarbonyl (C=S) groups is 1. The highest BCUT2D eigenvalue weighted by atomic mass is 35.5. The van der Waals surface area contributed by atoms with Crippen molar-refractivity contribution in [2.24, 2.45) is 0 Å². The predicted molar refractivity (Wildman–Crippen MR) is 151 cm³/mol. The first-order chi connectivity index (χ1) is 17.6. The zero-order valence-electron chi connectivity index (χ0n) is 20.4. The number of hydrogen-bond donors (Lipinski definition) is 2. The molecule has 5 rings (SSSR count). The van der Waals surface area contributed by atoms with Gasteiger partial charge < -0.3 is 14.6 Å². The molecule has 7 nitrogen and oxygen atoms in total. The van der Waals surface area contributed by atoms with Gasteiger partial charge in [-0.05, 0) is 85.7 Å². The van der Waals surface area contributed by atoms with E-state index in [1.807, 2.05) is 79.4 Å². The fourth-order valence-corrected chi connectivity index (χ4v) is 5.60. The Kier molecular flexibility index (Phi) is 6.70. The van der Waals surface area contributed by atoms with Gasteiger partial charge in [0.15, 0.2) is 5.11 Å². The van der Waals surface area contributed by atoms with Gasteiger partial charge in [0, 0.05) is 22.5 Å². The normalized spacial score (nSPS) is 17.6.